The zero-order chi connectivity index (χ0) is 10.3. The van der Waals surface area contributed by atoms with Crippen molar-refractivity contribution in [3.63, 3.8) is 0 Å². The molecule has 2 aliphatic carbocycles. The molecule has 3 rings (SSSR count). The van der Waals surface area contributed by atoms with Crippen molar-refractivity contribution in [3.8, 4) is 0 Å². The summed E-state index contributed by atoms with van der Waals surface area (Å²) in [4.78, 5) is 9.00. The van der Waals surface area contributed by atoms with Crippen LogP contribution < -0.4 is 0 Å². The van der Waals surface area contributed by atoms with Crippen LogP contribution in [0.1, 0.15) is 61.9 Å². The summed E-state index contributed by atoms with van der Waals surface area (Å²) < 4.78 is 0. The van der Waals surface area contributed by atoms with E-state index in [2.05, 4.69) is 9.97 Å². The third-order valence-electron chi connectivity index (χ3n) is 3.45. The molecule has 80 valence electrons. The Hall–Kier alpha value is -0.630. The monoisotopic (exact) mass is 222 g/mol. The molecular formula is C12H15ClN2. The second-order valence-electron chi connectivity index (χ2n) is 4.73. The van der Waals surface area contributed by atoms with Crippen LogP contribution in [0.2, 0.25) is 5.15 Å². The maximum absolute atomic E-state index is 6.05. The normalized spacial score (nSPS) is 22.2. The maximum Gasteiger partial charge on any atom is 0.133 e. The van der Waals surface area contributed by atoms with E-state index in [1.807, 2.05) is 6.07 Å². The number of nitrogens with zero attached hydrogens (tertiary/aromatic N) is 2. The van der Waals surface area contributed by atoms with Crippen LogP contribution in [-0.2, 0) is 0 Å². The molecule has 0 saturated heterocycles. The molecule has 0 amide bonds. The van der Waals surface area contributed by atoms with Gasteiger partial charge in [-0.3, -0.25) is 0 Å². The molecule has 0 aromatic carbocycles. The summed E-state index contributed by atoms with van der Waals surface area (Å²) in [6, 6.07) is 1.96. The van der Waals surface area contributed by atoms with E-state index in [1.54, 1.807) is 0 Å². The van der Waals surface area contributed by atoms with Crippen LogP contribution >= 0.6 is 11.6 Å². The van der Waals surface area contributed by atoms with Gasteiger partial charge in [0.05, 0.1) is 0 Å². The predicted molar refractivity (Wildman–Crippen MR) is 60.2 cm³/mol. The average Bonchev–Trinajstić information content (AvgIpc) is 2.93. The van der Waals surface area contributed by atoms with Gasteiger partial charge in [-0.05, 0) is 31.7 Å². The fourth-order valence-corrected chi connectivity index (χ4v) is 2.61. The third kappa shape index (κ3) is 2.00. The molecule has 2 saturated carbocycles. The Kier molecular flexibility index (Phi) is 2.39. The molecule has 2 fully saturated rings. The van der Waals surface area contributed by atoms with Crippen LogP contribution in [0.3, 0.4) is 0 Å². The minimum atomic E-state index is 0.601. The standard InChI is InChI=1S/C12H15ClN2/c13-11-7-10(8-3-1-2-4-8)14-12(15-11)9-5-6-9/h7-9H,1-6H2. The molecule has 0 bridgehead atoms. The topological polar surface area (TPSA) is 25.8 Å². The van der Waals surface area contributed by atoms with Gasteiger partial charge >= 0.3 is 0 Å². The Balaban J connectivity index is 1.91. The van der Waals surface area contributed by atoms with Crippen molar-refractivity contribution >= 4 is 11.6 Å². The number of hydrogen-bond donors (Lipinski definition) is 0. The molecule has 3 heteroatoms. The molecule has 2 aliphatic rings. The zero-order valence-corrected chi connectivity index (χ0v) is 9.50. The van der Waals surface area contributed by atoms with E-state index in [0.717, 1.165) is 5.82 Å². The summed E-state index contributed by atoms with van der Waals surface area (Å²) in [7, 11) is 0. The summed E-state index contributed by atoms with van der Waals surface area (Å²) in [6.07, 6.45) is 7.71. The van der Waals surface area contributed by atoms with Crippen molar-refractivity contribution < 1.29 is 0 Å². The summed E-state index contributed by atoms with van der Waals surface area (Å²) in [6.45, 7) is 0. The van der Waals surface area contributed by atoms with E-state index in [0.29, 0.717) is 17.0 Å². The van der Waals surface area contributed by atoms with E-state index in [1.165, 1.54) is 44.2 Å². The van der Waals surface area contributed by atoms with E-state index < -0.39 is 0 Å². The molecule has 0 radical (unpaired) electrons. The molecule has 0 spiro atoms. The Labute approximate surface area is 95.1 Å². The van der Waals surface area contributed by atoms with Gasteiger partial charge in [-0.1, -0.05) is 24.4 Å². The summed E-state index contributed by atoms with van der Waals surface area (Å²) in [5, 5.41) is 0.633. The van der Waals surface area contributed by atoms with Gasteiger partial charge in [-0.2, -0.15) is 0 Å². The first-order valence-corrected chi connectivity index (χ1v) is 6.25. The largest absolute Gasteiger partial charge is 0.237 e. The van der Waals surface area contributed by atoms with Crippen LogP contribution in [0.15, 0.2) is 6.07 Å². The van der Waals surface area contributed by atoms with E-state index in [-0.39, 0.29) is 0 Å². The van der Waals surface area contributed by atoms with Gasteiger partial charge in [-0.15, -0.1) is 0 Å². The minimum absolute atomic E-state index is 0.601. The molecule has 0 aliphatic heterocycles. The Morgan fingerprint density at radius 3 is 2.40 bits per heavy atom. The molecule has 1 heterocycles. The Morgan fingerprint density at radius 2 is 1.73 bits per heavy atom. The van der Waals surface area contributed by atoms with Gasteiger partial charge in [0, 0.05) is 17.5 Å². The molecule has 0 atom stereocenters. The maximum atomic E-state index is 6.05. The fourth-order valence-electron chi connectivity index (χ4n) is 2.41. The van der Waals surface area contributed by atoms with Crippen molar-refractivity contribution in [2.45, 2.75) is 50.4 Å². The molecule has 15 heavy (non-hydrogen) atoms. The first kappa shape index (κ1) is 9.59. The summed E-state index contributed by atoms with van der Waals surface area (Å²) in [5.41, 5.74) is 1.19. The van der Waals surface area contributed by atoms with Crippen molar-refractivity contribution in [2.75, 3.05) is 0 Å². The first-order valence-electron chi connectivity index (χ1n) is 5.87. The van der Waals surface area contributed by atoms with Crippen molar-refractivity contribution in [1.29, 1.82) is 0 Å². The van der Waals surface area contributed by atoms with E-state index >= 15 is 0 Å². The fraction of sp³-hybridized carbons (Fsp3) is 0.667. The smallest absolute Gasteiger partial charge is 0.133 e. The summed E-state index contributed by atoms with van der Waals surface area (Å²) in [5.74, 6) is 2.23. The van der Waals surface area contributed by atoms with Crippen LogP contribution in [-0.4, -0.2) is 9.97 Å². The van der Waals surface area contributed by atoms with Gasteiger partial charge < -0.3 is 0 Å². The molecule has 1 aromatic rings. The first-order chi connectivity index (χ1) is 7.33. The van der Waals surface area contributed by atoms with Gasteiger partial charge in [-0.25, -0.2) is 9.97 Å². The third-order valence-corrected chi connectivity index (χ3v) is 3.64. The van der Waals surface area contributed by atoms with Gasteiger partial charge in [0.1, 0.15) is 11.0 Å². The van der Waals surface area contributed by atoms with Crippen molar-refractivity contribution in [1.82, 2.24) is 9.97 Å². The lowest BCUT2D eigenvalue weighted by atomic mass is 10.0. The highest BCUT2D eigenvalue weighted by Crippen LogP contribution is 2.40. The van der Waals surface area contributed by atoms with Crippen molar-refractivity contribution in [3.05, 3.63) is 22.7 Å². The van der Waals surface area contributed by atoms with Crippen molar-refractivity contribution in [2.24, 2.45) is 0 Å². The van der Waals surface area contributed by atoms with Crippen LogP contribution in [0.4, 0.5) is 0 Å². The predicted octanol–water partition coefficient (Wildman–Crippen LogP) is 3.67. The SMILES string of the molecule is Clc1cc(C2CCCC2)nc(C2CC2)n1. The van der Waals surface area contributed by atoms with Crippen LogP contribution in [0, 0.1) is 0 Å². The number of rotatable bonds is 2. The highest BCUT2D eigenvalue weighted by atomic mass is 35.5. The van der Waals surface area contributed by atoms with Gasteiger partial charge in [0.25, 0.3) is 0 Å². The van der Waals surface area contributed by atoms with Gasteiger partial charge in [0.15, 0.2) is 0 Å². The molecule has 2 nitrogen and oxygen atoms in total. The van der Waals surface area contributed by atoms with Crippen LogP contribution in [0.25, 0.3) is 0 Å². The lowest BCUT2D eigenvalue weighted by Gasteiger charge is -2.09. The average molecular weight is 223 g/mol. The second kappa shape index (κ2) is 3.75. The van der Waals surface area contributed by atoms with E-state index in [4.69, 9.17) is 11.6 Å². The number of halogens is 1. The Bertz CT molecular complexity index is 368. The zero-order valence-electron chi connectivity index (χ0n) is 8.75. The molecule has 0 N–H and O–H groups in total. The summed E-state index contributed by atoms with van der Waals surface area (Å²) >= 11 is 6.05. The lowest BCUT2D eigenvalue weighted by Crippen LogP contribution is -2.02. The lowest BCUT2D eigenvalue weighted by molar-refractivity contribution is 0.683. The molecular weight excluding hydrogens is 208 g/mol. The highest BCUT2D eigenvalue weighted by molar-refractivity contribution is 6.29. The number of hydrogen-bond acceptors (Lipinski definition) is 2. The quantitative estimate of drug-likeness (QED) is 0.714. The second-order valence-corrected chi connectivity index (χ2v) is 5.12. The molecule has 0 unspecified atom stereocenters. The van der Waals surface area contributed by atoms with Gasteiger partial charge in [0.2, 0.25) is 0 Å². The number of aromatic nitrogens is 2. The minimum Gasteiger partial charge on any atom is -0.237 e. The molecule has 1 aromatic heterocycles. The Morgan fingerprint density at radius 1 is 1.00 bits per heavy atom. The highest BCUT2D eigenvalue weighted by Gasteiger charge is 2.28. The van der Waals surface area contributed by atoms with Crippen LogP contribution in [0.5, 0.6) is 0 Å². The van der Waals surface area contributed by atoms with E-state index in [9.17, 15) is 0 Å².